The number of esters is 3. The van der Waals surface area contributed by atoms with E-state index in [4.69, 9.17) is 14.2 Å². The maximum atomic E-state index is 12.5. The Morgan fingerprint density at radius 2 is 1.97 bits per heavy atom. The van der Waals surface area contributed by atoms with Crippen LogP contribution in [0.4, 0.5) is 0 Å². The van der Waals surface area contributed by atoms with Gasteiger partial charge >= 0.3 is 17.9 Å². The second-order valence-electron chi connectivity index (χ2n) is 9.65. The lowest BCUT2D eigenvalue weighted by Crippen LogP contribution is -2.55. The van der Waals surface area contributed by atoms with Crippen LogP contribution in [-0.4, -0.2) is 47.4 Å². The van der Waals surface area contributed by atoms with E-state index in [0.29, 0.717) is 12.0 Å². The first-order valence-electron chi connectivity index (χ1n) is 10.7. The molecule has 3 rings (SSSR count). The molecule has 1 saturated carbocycles. The molecular weight excluding hydrogens is 400 g/mol. The molecule has 0 bridgehead atoms. The van der Waals surface area contributed by atoms with Crippen LogP contribution in [-0.2, 0) is 28.6 Å². The van der Waals surface area contributed by atoms with Crippen molar-refractivity contribution in [3.8, 4) is 0 Å². The first-order chi connectivity index (χ1) is 14.4. The van der Waals surface area contributed by atoms with Gasteiger partial charge in [0.2, 0.25) is 0 Å². The van der Waals surface area contributed by atoms with Crippen LogP contribution in [0.2, 0.25) is 0 Å². The molecule has 0 aromatic heterocycles. The van der Waals surface area contributed by atoms with Crippen LogP contribution in [0.25, 0.3) is 0 Å². The molecular formula is C24H32O7. The molecule has 1 N–H and O–H groups in total. The standard InChI is InChI=1S/C24H32O7/c1-11(2)8-18(26)29-15-9-17(25)24(7)10-16-19(14(6)23(28)30-16)21(20(24)13(15)5)31-22(27)12(3)4/h11,15-17,19,21,25H,3,6,8-10H2,1-2,4-5,7H3. The molecule has 0 amide bonds. The number of hydrogen-bond donors (Lipinski definition) is 1. The van der Waals surface area contributed by atoms with Gasteiger partial charge in [0, 0.05) is 29.4 Å². The van der Waals surface area contributed by atoms with E-state index in [1.54, 1.807) is 6.92 Å². The molecule has 1 aliphatic heterocycles. The van der Waals surface area contributed by atoms with Gasteiger partial charge in [-0.15, -0.1) is 0 Å². The Morgan fingerprint density at radius 1 is 1.32 bits per heavy atom. The number of fused-ring (bicyclic) bond motifs is 2. The van der Waals surface area contributed by atoms with Gasteiger partial charge in [-0.3, -0.25) is 4.79 Å². The second-order valence-corrected chi connectivity index (χ2v) is 9.65. The molecule has 31 heavy (non-hydrogen) atoms. The van der Waals surface area contributed by atoms with E-state index >= 15 is 0 Å². The van der Waals surface area contributed by atoms with Crippen LogP contribution in [0.5, 0.6) is 0 Å². The van der Waals surface area contributed by atoms with Gasteiger partial charge in [-0.1, -0.05) is 33.9 Å². The molecule has 6 unspecified atom stereocenters. The van der Waals surface area contributed by atoms with Crippen molar-refractivity contribution < 1.29 is 33.7 Å². The third kappa shape index (κ3) is 4.07. The normalized spacial score (nSPS) is 34.7. The Kier molecular flexibility index (Phi) is 6.20. The van der Waals surface area contributed by atoms with Crippen molar-refractivity contribution in [3.63, 3.8) is 0 Å². The van der Waals surface area contributed by atoms with E-state index in [2.05, 4.69) is 13.2 Å². The number of carbonyl (C=O) groups excluding carboxylic acids is 3. The maximum Gasteiger partial charge on any atom is 0.334 e. The first kappa shape index (κ1) is 23.3. The van der Waals surface area contributed by atoms with Crippen LogP contribution >= 0.6 is 0 Å². The smallest absolute Gasteiger partial charge is 0.334 e. The van der Waals surface area contributed by atoms with Gasteiger partial charge in [-0.05, 0) is 37.3 Å². The number of ether oxygens (including phenoxy) is 3. The van der Waals surface area contributed by atoms with E-state index in [-0.39, 0.29) is 35.9 Å². The number of aliphatic hydroxyl groups is 1. The van der Waals surface area contributed by atoms with Crippen molar-refractivity contribution >= 4 is 17.9 Å². The molecule has 0 aromatic carbocycles. The van der Waals surface area contributed by atoms with Crippen molar-refractivity contribution in [2.45, 2.75) is 78.3 Å². The summed E-state index contributed by atoms with van der Waals surface area (Å²) in [6, 6.07) is 0. The molecule has 170 valence electrons. The summed E-state index contributed by atoms with van der Waals surface area (Å²) in [5, 5.41) is 11.1. The van der Waals surface area contributed by atoms with Crippen molar-refractivity contribution in [1.29, 1.82) is 0 Å². The zero-order valence-electron chi connectivity index (χ0n) is 18.9. The fourth-order valence-electron chi connectivity index (χ4n) is 5.05. The summed E-state index contributed by atoms with van der Waals surface area (Å²) in [4.78, 5) is 37.1. The SMILES string of the molecule is C=C(C)C(=O)OC1C2=C(C)C(OC(=O)CC(C)C)CC(O)C2(C)CC2OC(=O)C(=C)C21. The number of aliphatic hydroxyl groups excluding tert-OH is 1. The van der Waals surface area contributed by atoms with Gasteiger partial charge in [0.15, 0.2) is 0 Å². The van der Waals surface area contributed by atoms with Gasteiger partial charge in [-0.25, -0.2) is 9.59 Å². The lowest BCUT2D eigenvalue weighted by atomic mass is 9.57. The van der Waals surface area contributed by atoms with E-state index < -0.39 is 47.7 Å². The molecule has 2 aliphatic carbocycles. The number of hydrogen-bond acceptors (Lipinski definition) is 7. The van der Waals surface area contributed by atoms with Crippen LogP contribution in [0.15, 0.2) is 35.5 Å². The monoisotopic (exact) mass is 432 g/mol. The highest BCUT2D eigenvalue weighted by molar-refractivity contribution is 5.92. The van der Waals surface area contributed by atoms with Crippen LogP contribution < -0.4 is 0 Å². The predicted octanol–water partition coefficient (Wildman–Crippen LogP) is 3.02. The van der Waals surface area contributed by atoms with Gasteiger partial charge in [0.05, 0.1) is 12.0 Å². The summed E-state index contributed by atoms with van der Waals surface area (Å²) in [5.74, 6) is -1.89. The minimum Gasteiger partial charge on any atom is -0.458 e. The third-order valence-electron chi connectivity index (χ3n) is 6.69. The summed E-state index contributed by atoms with van der Waals surface area (Å²) < 4.78 is 17.0. The number of carbonyl (C=O) groups is 3. The molecule has 7 heteroatoms. The Labute approximate surface area is 183 Å². The largest absolute Gasteiger partial charge is 0.458 e. The molecule has 7 nitrogen and oxygen atoms in total. The Balaban J connectivity index is 2.07. The van der Waals surface area contributed by atoms with Gasteiger partial charge in [-0.2, -0.15) is 0 Å². The highest BCUT2D eigenvalue weighted by atomic mass is 16.6. The molecule has 0 radical (unpaired) electrons. The summed E-state index contributed by atoms with van der Waals surface area (Å²) in [6.45, 7) is 16.6. The minimum absolute atomic E-state index is 0.143. The molecule has 1 saturated heterocycles. The Hall–Kier alpha value is -2.41. The zero-order valence-corrected chi connectivity index (χ0v) is 18.9. The lowest BCUT2D eigenvalue weighted by molar-refractivity contribution is -0.160. The fourth-order valence-corrected chi connectivity index (χ4v) is 5.05. The fraction of sp³-hybridized carbons (Fsp3) is 0.625. The second kappa shape index (κ2) is 8.26. The van der Waals surface area contributed by atoms with Crippen LogP contribution in [0.1, 0.15) is 53.9 Å². The van der Waals surface area contributed by atoms with E-state index in [9.17, 15) is 19.5 Å². The quantitative estimate of drug-likeness (QED) is 0.309. The highest BCUT2D eigenvalue weighted by Gasteiger charge is 2.60. The first-order valence-corrected chi connectivity index (χ1v) is 10.7. The van der Waals surface area contributed by atoms with Crippen molar-refractivity contribution in [2.24, 2.45) is 17.3 Å². The summed E-state index contributed by atoms with van der Waals surface area (Å²) in [6.07, 6.45) is -2.08. The van der Waals surface area contributed by atoms with Crippen molar-refractivity contribution in [1.82, 2.24) is 0 Å². The van der Waals surface area contributed by atoms with Gasteiger partial charge in [0.25, 0.3) is 0 Å². The predicted molar refractivity (Wildman–Crippen MR) is 113 cm³/mol. The molecule has 0 aromatic rings. The Morgan fingerprint density at radius 3 is 2.55 bits per heavy atom. The summed E-state index contributed by atoms with van der Waals surface area (Å²) in [5.41, 5.74) is 1.05. The van der Waals surface area contributed by atoms with Crippen LogP contribution in [0.3, 0.4) is 0 Å². The topological polar surface area (TPSA) is 99.1 Å². The van der Waals surface area contributed by atoms with Crippen LogP contribution in [0, 0.1) is 17.3 Å². The molecule has 0 spiro atoms. The summed E-state index contributed by atoms with van der Waals surface area (Å²) in [7, 11) is 0. The third-order valence-corrected chi connectivity index (χ3v) is 6.69. The van der Waals surface area contributed by atoms with E-state index in [0.717, 1.165) is 5.57 Å². The maximum absolute atomic E-state index is 12.5. The minimum atomic E-state index is -0.873. The Bertz CT molecular complexity index is 867. The average Bonchev–Trinajstić information content (AvgIpc) is 2.92. The van der Waals surface area contributed by atoms with E-state index in [1.807, 2.05) is 27.7 Å². The zero-order chi connectivity index (χ0) is 23.2. The van der Waals surface area contributed by atoms with Gasteiger partial charge < -0.3 is 19.3 Å². The van der Waals surface area contributed by atoms with E-state index in [1.165, 1.54) is 0 Å². The van der Waals surface area contributed by atoms with Crippen molar-refractivity contribution in [3.05, 3.63) is 35.5 Å². The van der Waals surface area contributed by atoms with Crippen molar-refractivity contribution in [2.75, 3.05) is 0 Å². The number of rotatable bonds is 5. The summed E-state index contributed by atoms with van der Waals surface area (Å²) >= 11 is 0. The average molecular weight is 433 g/mol. The molecule has 1 heterocycles. The molecule has 3 aliphatic rings. The molecule has 2 fully saturated rings. The van der Waals surface area contributed by atoms with Gasteiger partial charge in [0.1, 0.15) is 18.3 Å². The lowest BCUT2D eigenvalue weighted by Gasteiger charge is -2.52. The molecule has 6 atom stereocenters. The highest BCUT2D eigenvalue weighted by Crippen LogP contribution is 2.56.